The van der Waals surface area contributed by atoms with Crippen LogP contribution in [0.15, 0.2) is 30.3 Å². The SMILES string of the molecule is CCCCN.C[N+](C)(C)Cc1ccccc1. The Bertz CT molecular complexity index is 247. The van der Waals surface area contributed by atoms with Crippen molar-refractivity contribution in [2.45, 2.75) is 26.3 Å². The summed E-state index contributed by atoms with van der Waals surface area (Å²) in [6.07, 6.45) is 2.39. The van der Waals surface area contributed by atoms with E-state index in [9.17, 15) is 0 Å². The van der Waals surface area contributed by atoms with Crippen molar-refractivity contribution in [2.75, 3.05) is 27.7 Å². The van der Waals surface area contributed by atoms with Crippen LogP contribution >= 0.6 is 0 Å². The summed E-state index contributed by atoms with van der Waals surface area (Å²) in [5.74, 6) is 0. The number of unbranched alkanes of at least 4 members (excludes halogenated alkanes) is 1. The van der Waals surface area contributed by atoms with Gasteiger partial charge in [-0.15, -0.1) is 0 Å². The second-order valence-electron chi connectivity index (χ2n) is 5.08. The Kier molecular flexibility index (Phi) is 7.86. The molecule has 0 aromatic heterocycles. The molecule has 0 fully saturated rings. The summed E-state index contributed by atoms with van der Waals surface area (Å²) in [7, 11) is 6.60. The summed E-state index contributed by atoms with van der Waals surface area (Å²) in [4.78, 5) is 0. The Morgan fingerprint density at radius 3 is 1.94 bits per heavy atom. The molecule has 1 aromatic carbocycles. The highest BCUT2D eigenvalue weighted by molar-refractivity contribution is 5.13. The van der Waals surface area contributed by atoms with E-state index in [0.29, 0.717) is 0 Å². The third-order valence-corrected chi connectivity index (χ3v) is 2.06. The van der Waals surface area contributed by atoms with Crippen LogP contribution in [0.4, 0.5) is 0 Å². The molecular formula is C14H27N2+. The highest BCUT2D eigenvalue weighted by Crippen LogP contribution is 2.05. The van der Waals surface area contributed by atoms with E-state index in [2.05, 4.69) is 58.4 Å². The lowest BCUT2D eigenvalue weighted by Gasteiger charge is -2.23. The zero-order chi connectivity index (χ0) is 12.4. The molecule has 2 heteroatoms. The third-order valence-electron chi connectivity index (χ3n) is 2.06. The number of benzene rings is 1. The van der Waals surface area contributed by atoms with Crippen LogP contribution in [0, 0.1) is 0 Å². The average molecular weight is 223 g/mol. The van der Waals surface area contributed by atoms with Crippen molar-refractivity contribution in [3.05, 3.63) is 35.9 Å². The van der Waals surface area contributed by atoms with Crippen molar-refractivity contribution in [1.82, 2.24) is 0 Å². The Labute approximate surface area is 101 Å². The van der Waals surface area contributed by atoms with E-state index in [4.69, 9.17) is 5.73 Å². The normalized spacial score (nSPS) is 10.6. The molecule has 0 heterocycles. The minimum Gasteiger partial charge on any atom is -0.330 e. The molecule has 0 bridgehead atoms. The van der Waals surface area contributed by atoms with Crippen LogP contribution in [0.3, 0.4) is 0 Å². The molecule has 0 radical (unpaired) electrons. The fourth-order valence-corrected chi connectivity index (χ4v) is 1.34. The molecule has 0 atom stereocenters. The van der Waals surface area contributed by atoms with E-state index in [0.717, 1.165) is 17.6 Å². The van der Waals surface area contributed by atoms with Crippen LogP contribution in [-0.2, 0) is 6.54 Å². The molecule has 0 unspecified atom stereocenters. The minimum absolute atomic E-state index is 0.844. The fourth-order valence-electron chi connectivity index (χ4n) is 1.34. The van der Waals surface area contributed by atoms with Gasteiger partial charge in [0.05, 0.1) is 21.1 Å². The maximum atomic E-state index is 5.14. The van der Waals surface area contributed by atoms with Crippen molar-refractivity contribution < 1.29 is 4.48 Å². The summed E-state index contributed by atoms with van der Waals surface area (Å²) < 4.78 is 0.990. The molecule has 1 aromatic rings. The van der Waals surface area contributed by atoms with Gasteiger partial charge in [0, 0.05) is 5.56 Å². The van der Waals surface area contributed by atoms with E-state index in [-0.39, 0.29) is 0 Å². The van der Waals surface area contributed by atoms with Gasteiger partial charge in [-0.25, -0.2) is 0 Å². The number of hydrogen-bond acceptors (Lipinski definition) is 1. The van der Waals surface area contributed by atoms with E-state index < -0.39 is 0 Å². The van der Waals surface area contributed by atoms with Crippen LogP contribution in [-0.4, -0.2) is 32.2 Å². The Balaban J connectivity index is 0.000000385. The molecule has 0 aliphatic rings. The highest BCUT2D eigenvalue weighted by Gasteiger charge is 2.06. The first-order valence-corrected chi connectivity index (χ1v) is 6.04. The first kappa shape index (κ1) is 15.1. The molecule has 92 valence electrons. The lowest BCUT2D eigenvalue weighted by atomic mass is 10.2. The number of nitrogens with zero attached hydrogens (tertiary/aromatic N) is 1. The van der Waals surface area contributed by atoms with Crippen molar-refractivity contribution >= 4 is 0 Å². The summed E-state index contributed by atoms with van der Waals surface area (Å²) >= 11 is 0. The number of nitrogens with two attached hydrogens (primary N) is 1. The monoisotopic (exact) mass is 223 g/mol. The number of quaternary nitrogens is 1. The van der Waals surface area contributed by atoms with Crippen molar-refractivity contribution in [3.63, 3.8) is 0 Å². The molecule has 0 aliphatic carbocycles. The van der Waals surface area contributed by atoms with Gasteiger partial charge in [-0.2, -0.15) is 0 Å². The molecule has 0 saturated heterocycles. The molecule has 0 saturated carbocycles. The van der Waals surface area contributed by atoms with Crippen LogP contribution in [0.1, 0.15) is 25.3 Å². The van der Waals surface area contributed by atoms with Crippen molar-refractivity contribution in [1.29, 1.82) is 0 Å². The smallest absolute Gasteiger partial charge is 0.104 e. The minimum atomic E-state index is 0.844. The lowest BCUT2D eigenvalue weighted by molar-refractivity contribution is -0.884. The number of rotatable bonds is 4. The van der Waals surface area contributed by atoms with Crippen LogP contribution in [0.5, 0.6) is 0 Å². The zero-order valence-corrected chi connectivity index (χ0v) is 11.2. The maximum absolute atomic E-state index is 5.14. The van der Waals surface area contributed by atoms with Gasteiger partial charge in [-0.1, -0.05) is 43.7 Å². The maximum Gasteiger partial charge on any atom is 0.104 e. The van der Waals surface area contributed by atoms with Gasteiger partial charge in [-0.3, -0.25) is 0 Å². The molecule has 2 nitrogen and oxygen atoms in total. The Morgan fingerprint density at radius 1 is 1.06 bits per heavy atom. The Morgan fingerprint density at radius 2 is 1.62 bits per heavy atom. The van der Waals surface area contributed by atoms with E-state index in [1.807, 2.05) is 0 Å². The van der Waals surface area contributed by atoms with E-state index in [1.165, 1.54) is 18.4 Å². The van der Waals surface area contributed by atoms with Gasteiger partial charge in [0.2, 0.25) is 0 Å². The predicted molar refractivity (Wildman–Crippen MR) is 72.1 cm³/mol. The van der Waals surface area contributed by atoms with Crippen molar-refractivity contribution in [3.8, 4) is 0 Å². The van der Waals surface area contributed by atoms with E-state index in [1.54, 1.807) is 0 Å². The van der Waals surface area contributed by atoms with Gasteiger partial charge in [0.1, 0.15) is 6.54 Å². The van der Waals surface area contributed by atoms with Crippen LogP contribution in [0.25, 0.3) is 0 Å². The quantitative estimate of drug-likeness (QED) is 0.780. The first-order chi connectivity index (χ1) is 7.49. The van der Waals surface area contributed by atoms with Crippen LogP contribution in [0.2, 0.25) is 0 Å². The molecule has 1 rings (SSSR count). The second kappa shape index (κ2) is 8.31. The fraction of sp³-hybridized carbons (Fsp3) is 0.571. The van der Waals surface area contributed by atoms with Gasteiger partial charge in [-0.05, 0) is 13.0 Å². The molecule has 0 spiro atoms. The van der Waals surface area contributed by atoms with Gasteiger partial charge < -0.3 is 10.2 Å². The second-order valence-corrected chi connectivity index (χ2v) is 5.08. The van der Waals surface area contributed by atoms with E-state index >= 15 is 0 Å². The topological polar surface area (TPSA) is 26.0 Å². The Hall–Kier alpha value is -0.860. The number of hydrogen-bond donors (Lipinski definition) is 1. The predicted octanol–water partition coefficient (Wildman–Crippen LogP) is 2.64. The van der Waals surface area contributed by atoms with Gasteiger partial charge >= 0.3 is 0 Å². The molecule has 0 amide bonds. The van der Waals surface area contributed by atoms with Gasteiger partial charge in [0.25, 0.3) is 0 Å². The van der Waals surface area contributed by atoms with Crippen LogP contribution < -0.4 is 5.73 Å². The third kappa shape index (κ3) is 9.69. The van der Waals surface area contributed by atoms with Crippen molar-refractivity contribution in [2.24, 2.45) is 5.73 Å². The van der Waals surface area contributed by atoms with Gasteiger partial charge in [0.15, 0.2) is 0 Å². The highest BCUT2D eigenvalue weighted by atomic mass is 15.3. The molecule has 0 aliphatic heterocycles. The first-order valence-electron chi connectivity index (χ1n) is 6.04. The zero-order valence-electron chi connectivity index (χ0n) is 11.2. The summed E-state index contributed by atoms with van der Waals surface area (Å²) in [5, 5.41) is 0. The summed E-state index contributed by atoms with van der Waals surface area (Å²) in [5.41, 5.74) is 6.54. The molecule has 16 heavy (non-hydrogen) atoms. The standard InChI is InChI=1S/C10H16N.C4H11N/c1-11(2,3)9-10-7-5-4-6-8-10;1-2-3-4-5/h4-8H,9H2,1-3H3;2-5H2,1H3/q+1;. The average Bonchev–Trinajstić information content (AvgIpc) is 2.19. The summed E-state index contributed by atoms with van der Waals surface area (Å²) in [6.45, 7) is 4.07. The molecule has 2 N–H and O–H groups in total. The lowest BCUT2D eigenvalue weighted by Crippen LogP contribution is -2.33. The largest absolute Gasteiger partial charge is 0.330 e. The summed E-state index contributed by atoms with van der Waals surface area (Å²) in [6, 6.07) is 10.6. The molecular weight excluding hydrogens is 196 g/mol.